The number of aliphatic hydroxyl groups excluding tert-OH is 1. The van der Waals surface area contributed by atoms with Crippen molar-refractivity contribution in [3.05, 3.63) is 0 Å². The average Bonchev–Trinajstić information content (AvgIpc) is 2.32. The van der Waals surface area contributed by atoms with Crippen LogP contribution in [0.3, 0.4) is 0 Å². The van der Waals surface area contributed by atoms with Gasteiger partial charge >= 0.3 is 0 Å². The molecule has 0 aliphatic heterocycles. The molecule has 0 heterocycles. The second kappa shape index (κ2) is 3.00. The van der Waals surface area contributed by atoms with Gasteiger partial charge in [-0.15, -0.1) is 0 Å². The van der Waals surface area contributed by atoms with Crippen LogP contribution in [0, 0.1) is 16.7 Å². The Bertz CT molecular complexity index is 149. The van der Waals surface area contributed by atoms with E-state index in [4.69, 9.17) is 5.11 Å². The van der Waals surface area contributed by atoms with Crippen molar-refractivity contribution in [2.75, 3.05) is 19.7 Å². The Morgan fingerprint density at radius 3 is 2.00 bits per heavy atom. The second-order valence-corrected chi connectivity index (χ2v) is 4.92. The lowest BCUT2D eigenvalue weighted by molar-refractivity contribution is 0.289. The maximum atomic E-state index is 8.60. The zero-order valence-corrected chi connectivity index (χ0v) is 8.65. The van der Waals surface area contributed by atoms with Crippen molar-refractivity contribution >= 4 is 0 Å². The zero-order valence-electron chi connectivity index (χ0n) is 8.65. The molecule has 12 heavy (non-hydrogen) atoms. The predicted octanol–water partition coefficient (Wildman–Crippen LogP) is 1.25. The monoisotopic (exact) mass is 171 g/mol. The summed E-state index contributed by atoms with van der Waals surface area (Å²) >= 11 is 0. The molecule has 0 bridgehead atoms. The van der Waals surface area contributed by atoms with Crippen molar-refractivity contribution in [2.45, 2.75) is 27.7 Å². The highest BCUT2D eigenvalue weighted by Crippen LogP contribution is 2.67. The van der Waals surface area contributed by atoms with E-state index in [9.17, 15) is 0 Å². The Hall–Kier alpha value is -0.0800. The molecule has 0 spiro atoms. The first-order chi connectivity index (χ1) is 5.44. The van der Waals surface area contributed by atoms with Crippen LogP contribution in [-0.4, -0.2) is 24.8 Å². The van der Waals surface area contributed by atoms with Gasteiger partial charge < -0.3 is 10.4 Å². The molecule has 0 unspecified atom stereocenters. The zero-order chi connectivity index (χ0) is 9.41. The van der Waals surface area contributed by atoms with Crippen LogP contribution in [0.5, 0.6) is 0 Å². The van der Waals surface area contributed by atoms with Gasteiger partial charge in [0.1, 0.15) is 0 Å². The fourth-order valence-electron chi connectivity index (χ4n) is 2.17. The van der Waals surface area contributed by atoms with E-state index in [1.165, 1.54) is 0 Å². The van der Waals surface area contributed by atoms with E-state index in [2.05, 4.69) is 33.0 Å². The van der Waals surface area contributed by atoms with Crippen molar-refractivity contribution in [3.63, 3.8) is 0 Å². The molecule has 0 atom stereocenters. The van der Waals surface area contributed by atoms with Gasteiger partial charge in [0, 0.05) is 6.54 Å². The first-order valence-electron chi connectivity index (χ1n) is 4.76. The fourth-order valence-corrected chi connectivity index (χ4v) is 2.17. The van der Waals surface area contributed by atoms with E-state index in [-0.39, 0.29) is 6.61 Å². The lowest BCUT2D eigenvalue weighted by atomic mass is 10.0. The van der Waals surface area contributed by atoms with Crippen molar-refractivity contribution in [1.29, 1.82) is 0 Å². The summed E-state index contributed by atoms with van der Waals surface area (Å²) in [5, 5.41) is 11.9. The molecule has 1 aliphatic rings. The summed E-state index contributed by atoms with van der Waals surface area (Å²) in [6.07, 6.45) is 0. The smallest absolute Gasteiger partial charge is 0.0555 e. The van der Waals surface area contributed by atoms with Crippen LogP contribution in [0.1, 0.15) is 27.7 Å². The van der Waals surface area contributed by atoms with Crippen LogP contribution >= 0.6 is 0 Å². The third-order valence-corrected chi connectivity index (χ3v) is 3.96. The maximum absolute atomic E-state index is 8.60. The van der Waals surface area contributed by atoms with E-state index in [1.807, 2.05) is 0 Å². The molecule has 0 saturated heterocycles. The van der Waals surface area contributed by atoms with E-state index < -0.39 is 0 Å². The molecule has 0 aromatic rings. The molecule has 0 aromatic carbocycles. The lowest BCUT2D eigenvalue weighted by Gasteiger charge is -2.04. The Balaban J connectivity index is 2.29. The van der Waals surface area contributed by atoms with Gasteiger partial charge in [-0.3, -0.25) is 0 Å². The summed E-state index contributed by atoms with van der Waals surface area (Å²) in [5.74, 6) is 0.761. The minimum absolute atomic E-state index is 0.244. The summed E-state index contributed by atoms with van der Waals surface area (Å²) in [5.41, 5.74) is 0.935. The maximum Gasteiger partial charge on any atom is 0.0555 e. The molecule has 2 heteroatoms. The van der Waals surface area contributed by atoms with E-state index in [0.717, 1.165) is 19.0 Å². The minimum Gasteiger partial charge on any atom is -0.395 e. The molecule has 0 aromatic heterocycles. The van der Waals surface area contributed by atoms with E-state index in [1.54, 1.807) is 0 Å². The lowest BCUT2D eigenvalue weighted by Crippen LogP contribution is -2.22. The van der Waals surface area contributed by atoms with Gasteiger partial charge in [0.05, 0.1) is 6.61 Å². The quantitative estimate of drug-likeness (QED) is 0.624. The molecule has 1 saturated carbocycles. The summed E-state index contributed by atoms with van der Waals surface area (Å²) < 4.78 is 0. The molecular weight excluding hydrogens is 150 g/mol. The van der Waals surface area contributed by atoms with Crippen LogP contribution in [0.2, 0.25) is 0 Å². The summed E-state index contributed by atoms with van der Waals surface area (Å²) in [6, 6.07) is 0. The number of aliphatic hydroxyl groups is 1. The molecule has 1 aliphatic carbocycles. The molecule has 0 amide bonds. The SMILES string of the molecule is CC1(C)C(CNCCO)C1(C)C. The highest BCUT2D eigenvalue weighted by molar-refractivity contribution is 5.12. The normalized spacial score (nSPS) is 25.8. The van der Waals surface area contributed by atoms with E-state index >= 15 is 0 Å². The van der Waals surface area contributed by atoms with Gasteiger partial charge in [0.25, 0.3) is 0 Å². The van der Waals surface area contributed by atoms with E-state index in [0.29, 0.717) is 10.8 Å². The molecule has 1 rings (SSSR count). The fraction of sp³-hybridized carbons (Fsp3) is 1.00. The Morgan fingerprint density at radius 1 is 1.17 bits per heavy atom. The predicted molar refractivity (Wildman–Crippen MR) is 51.0 cm³/mol. The van der Waals surface area contributed by atoms with Gasteiger partial charge in [-0.25, -0.2) is 0 Å². The largest absolute Gasteiger partial charge is 0.395 e. The highest BCUT2D eigenvalue weighted by atomic mass is 16.3. The Kier molecular flexibility index (Phi) is 2.50. The van der Waals surface area contributed by atoms with Gasteiger partial charge in [0.15, 0.2) is 0 Å². The molecule has 0 radical (unpaired) electrons. The molecule has 1 fully saturated rings. The van der Waals surface area contributed by atoms with Crippen LogP contribution < -0.4 is 5.32 Å². The first-order valence-corrected chi connectivity index (χ1v) is 4.76. The summed E-state index contributed by atoms with van der Waals surface area (Å²) in [4.78, 5) is 0. The molecule has 2 nitrogen and oxygen atoms in total. The van der Waals surface area contributed by atoms with Crippen molar-refractivity contribution in [1.82, 2.24) is 5.32 Å². The molecule has 72 valence electrons. The average molecular weight is 171 g/mol. The second-order valence-electron chi connectivity index (χ2n) is 4.92. The highest BCUT2D eigenvalue weighted by Gasteiger charge is 2.63. The number of hydrogen-bond acceptors (Lipinski definition) is 2. The molecular formula is C10H21NO. The Labute approximate surface area is 75.4 Å². The third-order valence-electron chi connectivity index (χ3n) is 3.96. The third kappa shape index (κ3) is 1.38. The Morgan fingerprint density at radius 2 is 1.67 bits per heavy atom. The minimum atomic E-state index is 0.244. The first kappa shape index (κ1) is 10.0. The number of hydrogen-bond donors (Lipinski definition) is 2. The van der Waals surface area contributed by atoms with Crippen LogP contribution in [0.15, 0.2) is 0 Å². The topological polar surface area (TPSA) is 32.3 Å². The van der Waals surface area contributed by atoms with Gasteiger partial charge in [-0.1, -0.05) is 27.7 Å². The summed E-state index contributed by atoms with van der Waals surface area (Å²) in [6.45, 7) is 11.3. The van der Waals surface area contributed by atoms with Crippen molar-refractivity contribution in [3.8, 4) is 0 Å². The number of nitrogens with one attached hydrogen (secondary N) is 1. The van der Waals surface area contributed by atoms with Crippen molar-refractivity contribution < 1.29 is 5.11 Å². The van der Waals surface area contributed by atoms with Crippen LogP contribution in [-0.2, 0) is 0 Å². The van der Waals surface area contributed by atoms with Gasteiger partial charge in [-0.2, -0.15) is 0 Å². The van der Waals surface area contributed by atoms with Gasteiger partial charge in [-0.05, 0) is 23.3 Å². The molecule has 2 N–H and O–H groups in total. The van der Waals surface area contributed by atoms with Crippen LogP contribution in [0.25, 0.3) is 0 Å². The van der Waals surface area contributed by atoms with Crippen molar-refractivity contribution in [2.24, 2.45) is 16.7 Å². The van der Waals surface area contributed by atoms with Gasteiger partial charge in [0.2, 0.25) is 0 Å². The standard InChI is InChI=1S/C10H21NO/c1-9(2)8(10(9,3)4)7-11-5-6-12/h8,11-12H,5-7H2,1-4H3. The number of rotatable bonds is 4. The van der Waals surface area contributed by atoms with Crippen LogP contribution in [0.4, 0.5) is 0 Å². The summed E-state index contributed by atoms with van der Waals surface area (Å²) in [7, 11) is 0.